The Hall–Kier alpha value is -2.02. The fraction of sp³-hybridized carbons (Fsp3) is 0. The average molecular weight is 204 g/mol. The molecule has 72 valence electrons. The molecule has 0 aliphatic heterocycles. The number of aromatic nitrogens is 1. The lowest BCUT2D eigenvalue weighted by atomic mass is 10.2. The Labute approximate surface area is 104 Å². The van der Waals surface area contributed by atoms with Gasteiger partial charge in [-0.2, -0.15) is 0 Å². The highest BCUT2D eigenvalue weighted by atomic mass is 15.0. The minimum absolute atomic E-state index is 0.243. The van der Waals surface area contributed by atoms with Crippen LogP contribution in [0.1, 0.15) is 15.1 Å². The van der Waals surface area contributed by atoms with Crippen LogP contribution < -0.4 is 0 Å². The molecule has 1 heterocycles. The molecule has 0 unspecified atom stereocenters. The van der Waals surface area contributed by atoms with Crippen molar-refractivity contribution in [1.29, 1.82) is 0 Å². The van der Waals surface area contributed by atoms with Crippen molar-refractivity contribution in [2.24, 2.45) is 0 Å². The quantitative estimate of drug-likeness (QED) is 0.570. The smallest absolute Gasteiger partial charge is 0.0822 e. The first-order chi connectivity index (χ1) is 12.0. The summed E-state index contributed by atoms with van der Waals surface area (Å²) in [5.41, 5.74) is -0.709. The summed E-state index contributed by atoms with van der Waals surface area (Å²) in [4.78, 5) is 0. The van der Waals surface area contributed by atoms with E-state index in [1.54, 1.807) is 0 Å². The highest BCUT2D eigenvalue weighted by Gasteiger charge is 2.00. The molecular formula is C14H11N. The van der Waals surface area contributed by atoms with Crippen LogP contribution in [-0.4, -0.2) is 4.57 Å². The van der Waals surface area contributed by atoms with Gasteiger partial charge in [0.15, 0.2) is 0 Å². The second kappa shape index (κ2) is 3.28. The van der Waals surface area contributed by atoms with Gasteiger partial charge in [-0.3, -0.25) is 0 Å². The van der Waals surface area contributed by atoms with Gasteiger partial charge < -0.3 is 4.57 Å². The lowest BCUT2D eigenvalue weighted by Crippen LogP contribution is -1.89. The van der Waals surface area contributed by atoms with Crippen molar-refractivity contribution in [3.63, 3.8) is 0 Å². The van der Waals surface area contributed by atoms with Gasteiger partial charge in [-0.15, -0.1) is 0 Å². The molecule has 1 heteroatoms. The number of fused-ring (bicyclic) bond motifs is 1. The van der Waals surface area contributed by atoms with Crippen LogP contribution in [0.5, 0.6) is 0 Å². The number of benzene rings is 2. The van der Waals surface area contributed by atoms with E-state index >= 15 is 0 Å². The highest BCUT2D eigenvalue weighted by molar-refractivity contribution is 5.81. The van der Waals surface area contributed by atoms with Crippen LogP contribution in [-0.2, 0) is 0 Å². The van der Waals surface area contributed by atoms with Crippen LogP contribution >= 0.6 is 0 Å². The normalized spacial score (nSPS) is 20.9. The molecule has 1 nitrogen and oxygen atoms in total. The fourth-order valence-electron chi connectivity index (χ4n) is 1.25. The molecule has 0 saturated heterocycles. The minimum atomic E-state index is -0.644. The van der Waals surface area contributed by atoms with E-state index < -0.39 is 72.3 Å². The molecule has 0 saturated carbocycles. The Balaban J connectivity index is 2.64. The molecule has 2 aromatic carbocycles. The lowest BCUT2D eigenvalue weighted by Gasteiger charge is -2.04. The second-order valence-electron chi connectivity index (χ2n) is 2.77. The van der Waals surface area contributed by atoms with Crippen molar-refractivity contribution in [3.05, 3.63) is 66.6 Å². The third kappa shape index (κ3) is 1.33. The summed E-state index contributed by atoms with van der Waals surface area (Å²) in [6, 6.07) is -5.95. The largest absolute Gasteiger partial charge is 0.317 e. The third-order valence-corrected chi connectivity index (χ3v) is 1.89. The van der Waals surface area contributed by atoms with E-state index in [1.807, 2.05) is 0 Å². The standard InChI is InChI=1S/C14H11N/c1-2-7-13(8-3-1)15-11-10-12-6-4-5-9-14(12)15/h1-11H/i1D,2D,3D,4D,5D,6D,7D,8D,9D,10D,11D. The number of para-hydroxylation sites is 2. The predicted octanol–water partition coefficient (Wildman–Crippen LogP) is 3.63. The van der Waals surface area contributed by atoms with Gasteiger partial charge in [0.2, 0.25) is 0 Å². The van der Waals surface area contributed by atoms with Crippen LogP contribution in [0.25, 0.3) is 16.6 Å². The first-order valence-electron chi connectivity index (χ1n) is 9.67. The van der Waals surface area contributed by atoms with Crippen molar-refractivity contribution >= 4 is 10.9 Å². The van der Waals surface area contributed by atoms with Gasteiger partial charge in [-0.05, 0) is 29.6 Å². The van der Waals surface area contributed by atoms with Crippen molar-refractivity contribution in [2.75, 3.05) is 0 Å². The summed E-state index contributed by atoms with van der Waals surface area (Å²) < 4.78 is 87.8. The van der Waals surface area contributed by atoms with Crippen LogP contribution in [0.3, 0.4) is 0 Å². The molecule has 0 aliphatic rings. The van der Waals surface area contributed by atoms with E-state index in [2.05, 4.69) is 0 Å². The number of rotatable bonds is 1. The maximum atomic E-state index is 8.13. The van der Waals surface area contributed by atoms with Gasteiger partial charge >= 0.3 is 0 Å². The highest BCUT2D eigenvalue weighted by Crippen LogP contribution is 2.19. The van der Waals surface area contributed by atoms with Gasteiger partial charge in [0.1, 0.15) is 0 Å². The molecule has 0 N–H and O–H groups in total. The van der Waals surface area contributed by atoms with E-state index in [0.717, 1.165) is 4.57 Å². The summed E-state index contributed by atoms with van der Waals surface area (Å²) in [5.74, 6) is 0. The van der Waals surface area contributed by atoms with E-state index in [9.17, 15) is 0 Å². The molecule has 0 amide bonds. The molecular weight excluding hydrogens is 182 g/mol. The Bertz CT molecular complexity index is 1070. The summed E-state index contributed by atoms with van der Waals surface area (Å²) >= 11 is 0. The Morgan fingerprint density at radius 2 is 1.53 bits per heavy atom. The monoisotopic (exact) mass is 204 g/mol. The lowest BCUT2D eigenvalue weighted by molar-refractivity contribution is 1.13. The fourth-order valence-corrected chi connectivity index (χ4v) is 1.25. The molecule has 15 heavy (non-hydrogen) atoms. The second-order valence-corrected chi connectivity index (χ2v) is 2.77. The molecule has 3 rings (SSSR count). The van der Waals surface area contributed by atoms with Crippen LogP contribution in [0.2, 0.25) is 0 Å². The number of hydrogen-bond acceptors (Lipinski definition) is 0. The summed E-state index contributed by atoms with van der Waals surface area (Å²) in [5, 5.41) is -0.243. The Kier molecular flexibility index (Phi) is 0.604. The van der Waals surface area contributed by atoms with Crippen LogP contribution in [0.4, 0.5) is 0 Å². The maximum Gasteiger partial charge on any atom is 0.0822 e. The SMILES string of the molecule is [2H]c1c([2H])c([2H])c(-n2c([2H])c([2H])c3c([2H])c([2H])c([2H])c([2H])c32)c([2H])c1[2H]. The van der Waals surface area contributed by atoms with Gasteiger partial charge in [-0.25, -0.2) is 0 Å². The molecule has 0 bridgehead atoms. The molecule has 1 aromatic heterocycles. The average Bonchev–Trinajstić information content (AvgIpc) is 2.87. The molecule has 3 aromatic rings. The van der Waals surface area contributed by atoms with Gasteiger partial charge in [0, 0.05) is 11.9 Å². The van der Waals surface area contributed by atoms with Crippen molar-refractivity contribution in [2.45, 2.75) is 0 Å². The minimum Gasteiger partial charge on any atom is -0.317 e. The van der Waals surface area contributed by atoms with Crippen molar-refractivity contribution in [3.8, 4) is 5.69 Å². The Morgan fingerprint density at radius 1 is 0.800 bits per heavy atom. The first-order valence-corrected chi connectivity index (χ1v) is 4.17. The molecule has 0 radical (unpaired) electrons. The zero-order valence-electron chi connectivity index (χ0n) is 18.4. The zero-order valence-corrected chi connectivity index (χ0v) is 7.45. The zero-order chi connectivity index (χ0) is 19.7. The molecule has 0 aliphatic carbocycles. The third-order valence-electron chi connectivity index (χ3n) is 1.89. The van der Waals surface area contributed by atoms with E-state index in [-0.39, 0.29) is 10.9 Å². The van der Waals surface area contributed by atoms with Crippen LogP contribution in [0.15, 0.2) is 66.6 Å². The molecule has 0 spiro atoms. The van der Waals surface area contributed by atoms with Crippen LogP contribution in [0, 0.1) is 0 Å². The molecule has 0 fully saturated rings. The summed E-state index contributed by atoms with van der Waals surface area (Å²) in [6.07, 6.45) is -0.592. The molecule has 0 atom stereocenters. The van der Waals surface area contributed by atoms with E-state index in [0.29, 0.717) is 0 Å². The summed E-state index contributed by atoms with van der Waals surface area (Å²) in [6.45, 7) is 0. The number of nitrogens with zero attached hydrogens (tertiary/aromatic N) is 1. The van der Waals surface area contributed by atoms with Crippen molar-refractivity contribution in [1.82, 2.24) is 4.57 Å². The van der Waals surface area contributed by atoms with Gasteiger partial charge in [0.25, 0.3) is 0 Å². The van der Waals surface area contributed by atoms with E-state index in [4.69, 9.17) is 15.1 Å². The predicted molar refractivity (Wildman–Crippen MR) is 63.3 cm³/mol. The topological polar surface area (TPSA) is 4.93 Å². The van der Waals surface area contributed by atoms with Gasteiger partial charge in [0.05, 0.1) is 20.6 Å². The number of hydrogen-bond donors (Lipinski definition) is 0. The summed E-state index contributed by atoms with van der Waals surface area (Å²) in [7, 11) is 0. The Morgan fingerprint density at radius 3 is 2.40 bits per heavy atom. The maximum absolute atomic E-state index is 8.13. The first kappa shape index (κ1) is 2.76. The van der Waals surface area contributed by atoms with Gasteiger partial charge in [-0.1, -0.05) is 36.3 Å². The van der Waals surface area contributed by atoms with Crippen molar-refractivity contribution < 1.29 is 15.1 Å². The van der Waals surface area contributed by atoms with E-state index in [1.165, 1.54) is 0 Å².